The standard InChI is InChI=1S/C11H18N2O2S/c1-3-4-5-6-13-9(2)7-12-11(13)16-8-10(14)15/h7H,3-6,8H2,1-2H3,(H,14,15). The molecule has 1 aromatic rings. The Morgan fingerprint density at radius 1 is 1.56 bits per heavy atom. The van der Waals surface area contributed by atoms with Gasteiger partial charge in [0, 0.05) is 18.4 Å². The van der Waals surface area contributed by atoms with Gasteiger partial charge in [0.05, 0.1) is 5.75 Å². The van der Waals surface area contributed by atoms with Crippen molar-refractivity contribution in [2.75, 3.05) is 5.75 Å². The Morgan fingerprint density at radius 2 is 2.31 bits per heavy atom. The van der Waals surface area contributed by atoms with Gasteiger partial charge < -0.3 is 9.67 Å². The zero-order valence-electron chi connectivity index (χ0n) is 9.77. The van der Waals surface area contributed by atoms with Crippen LogP contribution >= 0.6 is 11.8 Å². The van der Waals surface area contributed by atoms with E-state index in [1.54, 1.807) is 6.20 Å². The first-order chi connectivity index (χ1) is 7.65. The number of rotatable bonds is 7. The molecule has 1 N–H and O–H groups in total. The van der Waals surface area contributed by atoms with Crippen LogP contribution in [0, 0.1) is 6.92 Å². The van der Waals surface area contributed by atoms with Crippen LogP contribution in [-0.4, -0.2) is 26.4 Å². The molecule has 0 spiro atoms. The molecule has 4 nitrogen and oxygen atoms in total. The van der Waals surface area contributed by atoms with Gasteiger partial charge in [-0.1, -0.05) is 31.5 Å². The molecule has 1 heterocycles. The molecular formula is C11H18N2O2S. The molecule has 0 fully saturated rings. The van der Waals surface area contributed by atoms with E-state index in [0.717, 1.165) is 23.8 Å². The van der Waals surface area contributed by atoms with E-state index in [9.17, 15) is 4.79 Å². The van der Waals surface area contributed by atoms with Crippen LogP contribution in [0.2, 0.25) is 0 Å². The summed E-state index contributed by atoms with van der Waals surface area (Å²) in [6.07, 6.45) is 5.30. The van der Waals surface area contributed by atoms with Gasteiger partial charge in [0.2, 0.25) is 0 Å². The number of nitrogens with zero attached hydrogens (tertiary/aromatic N) is 2. The lowest BCUT2D eigenvalue weighted by molar-refractivity contribution is -0.133. The molecule has 0 aliphatic rings. The van der Waals surface area contributed by atoms with Crippen molar-refractivity contribution in [3.8, 4) is 0 Å². The number of aromatic nitrogens is 2. The average molecular weight is 242 g/mol. The van der Waals surface area contributed by atoms with Crippen molar-refractivity contribution in [3.05, 3.63) is 11.9 Å². The summed E-state index contributed by atoms with van der Waals surface area (Å²) in [4.78, 5) is 14.7. The highest BCUT2D eigenvalue weighted by molar-refractivity contribution is 7.99. The summed E-state index contributed by atoms with van der Waals surface area (Å²) in [5.74, 6) is -0.727. The van der Waals surface area contributed by atoms with E-state index >= 15 is 0 Å². The molecule has 5 heteroatoms. The second kappa shape index (κ2) is 6.58. The minimum absolute atomic E-state index is 0.0736. The maximum Gasteiger partial charge on any atom is 0.313 e. The van der Waals surface area contributed by atoms with Gasteiger partial charge >= 0.3 is 5.97 Å². The van der Waals surface area contributed by atoms with Crippen LogP contribution in [0.15, 0.2) is 11.4 Å². The monoisotopic (exact) mass is 242 g/mol. The number of thioether (sulfide) groups is 1. The third kappa shape index (κ3) is 3.89. The fourth-order valence-corrected chi connectivity index (χ4v) is 2.24. The molecular weight excluding hydrogens is 224 g/mol. The highest BCUT2D eigenvalue weighted by atomic mass is 32.2. The van der Waals surface area contributed by atoms with E-state index in [1.165, 1.54) is 24.6 Å². The maximum absolute atomic E-state index is 10.5. The molecule has 0 saturated heterocycles. The molecule has 0 unspecified atom stereocenters. The minimum Gasteiger partial charge on any atom is -0.481 e. The lowest BCUT2D eigenvalue weighted by Crippen LogP contribution is -2.05. The van der Waals surface area contributed by atoms with E-state index in [4.69, 9.17) is 5.11 Å². The number of unbranched alkanes of at least 4 members (excludes halogenated alkanes) is 2. The zero-order chi connectivity index (χ0) is 12.0. The molecule has 1 aromatic heterocycles. The van der Waals surface area contributed by atoms with Gasteiger partial charge in [-0.2, -0.15) is 0 Å². The van der Waals surface area contributed by atoms with Crippen LogP contribution < -0.4 is 0 Å². The lowest BCUT2D eigenvalue weighted by Gasteiger charge is -2.08. The molecule has 0 bridgehead atoms. The van der Waals surface area contributed by atoms with Crippen molar-refractivity contribution in [2.24, 2.45) is 0 Å². The van der Waals surface area contributed by atoms with Crippen molar-refractivity contribution >= 4 is 17.7 Å². The second-order valence-electron chi connectivity index (χ2n) is 3.72. The lowest BCUT2D eigenvalue weighted by atomic mass is 10.2. The summed E-state index contributed by atoms with van der Waals surface area (Å²) in [5, 5.41) is 9.44. The minimum atomic E-state index is -0.800. The zero-order valence-corrected chi connectivity index (χ0v) is 10.6. The smallest absolute Gasteiger partial charge is 0.313 e. The van der Waals surface area contributed by atoms with Crippen LogP contribution in [0.1, 0.15) is 31.9 Å². The van der Waals surface area contributed by atoms with Crippen molar-refractivity contribution in [3.63, 3.8) is 0 Å². The predicted octanol–water partition coefficient (Wildman–Crippen LogP) is 2.56. The summed E-state index contributed by atoms with van der Waals surface area (Å²) >= 11 is 1.29. The second-order valence-corrected chi connectivity index (χ2v) is 4.67. The third-order valence-corrected chi connectivity index (χ3v) is 3.30. The van der Waals surface area contributed by atoms with Gasteiger partial charge in [-0.05, 0) is 13.3 Å². The Kier molecular flexibility index (Phi) is 5.38. The molecule has 16 heavy (non-hydrogen) atoms. The largest absolute Gasteiger partial charge is 0.481 e. The Balaban J connectivity index is 2.58. The molecule has 0 atom stereocenters. The van der Waals surface area contributed by atoms with Gasteiger partial charge in [-0.15, -0.1) is 0 Å². The van der Waals surface area contributed by atoms with Gasteiger partial charge in [0.1, 0.15) is 0 Å². The molecule has 90 valence electrons. The number of hydrogen-bond acceptors (Lipinski definition) is 3. The first-order valence-corrected chi connectivity index (χ1v) is 6.50. The predicted molar refractivity (Wildman–Crippen MR) is 64.8 cm³/mol. The fraction of sp³-hybridized carbons (Fsp3) is 0.636. The van der Waals surface area contributed by atoms with Crippen LogP contribution in [0.4, 0.5) is 0 Å². The van der Waals surface area contributed by atoms with E-state index in [0.29, 0.717) is 0 Å². The Bertz CT molecular complexity index is 350. The highest BCUT2D eigenvalue weighted by Gasteiger charge is 2.08. The van der Waals surface area contributed by atoms with E-state index in [1.807, 2.05) is 6.92 Å². The van der Waals surface area contributed by atoms with Gasteiger partial charge in [-0.25, -0.2) is 4.98 Å². The van der Waals surface area contributed by atoms with Crippen LogP contribution in [0.3, 0.4) is 0 Å². The van der Waals surface area contributed by atoms with Crippen molar-refractivity contribution in [1.29, 1.82) is 0 Å². The molecule has 0 aromatic carbocycles. The first kappa shape index (κ1) is 13.1. The van der Waals surface area contributed by atoms with Crippen molar-refractivity contribution in [1.82, 2.24) is 9.55 Å². The summed E-state index contributed by atoms with van der Waals surface area (Å²) in [7, 11) is 0. The number of hydrogen-bond donors (Lipinski definition) is 1. The summed E-state index contributed by atoms with van der Waals surface area (Å²) < 4.78 is 2.10. The first-order valence-electron chi connectivity index (χ1n) is 5.52. The third-order valence-electron chi connectivity index (χ3n) is 2.33. The fourth-order valence-electron chi connectivity index (χ4n) is 1.47. The molecule has 0 aliphatic carbocycles. The van der Waals surface area contributed by atoms with Gasteiger partial charge in [0.15, 0.2) is 5.16 Å². The SMILES string of the molecule is CCCCCn1c(C)cnc1SCC(=O)O. The summed E-state index contributed by atoms with van der Waals surface area (Å²) in [5.41, 5.74) is 1.10. The molecule has 1 rings (SSSR count). The van der Waals surface area contributed by atoms with Crippen LogP contribution in [0.25, 0.3) is 0 Å². The number of aliphatic carboxylic acids is 1. The van der Waals surface area contributed by atoms with Gasteiger partial charge in [0.25, 0.3) is 0 Å². The number of aryl methyl sites for hydroxylation is 1. The Hall–Kier alpha value is -0.970. The molecule has 0 saturated carbocycles. The van der Waals surface area contributed by atoms with Crippen LogP contribution in [0.5, 0.6) is 0 Å². The number of imidazole rings is 1. The molecule has 0 amide bonds. The number of carboxylic acid groups (broad SMARTS) is 1. The van der Waals surface area contributed by atoms with Crippen LogP contribution in [-0.2, 0) is 11.3 Å². The van der Waals surface area contributed by atoms with Crippen molar-refractivity contribution < 1.29 is 9.90 Å². The number of carbonyl (C=O) groups is 1. The normalized spacial score (nSPS) is 10.6. The Morgan fingerprint density at radius 3 is 2.94 bits per heavy atom. The number of carboxylic acids is 1. The maximum atomic E-state index is 10.5. The van der Waals surface area contributed by atoms with Gasteiger partial charge in [-0.3, -0.25) is 4.79 Å². The summed E-state index contributed by atoms with van der Waals surface area (Å²) in [6.45, 7) is 5.10. The average Bonchev–Trinajstić information content (AvgIpc) is 2.58. The Labute approximate surface area is 100 Å². The quantitative estimate of drug-likeness (QED) is 0.589. The topological polar surface area (TPSA) is 55.1 Å². The van der Waals surface area contributed by atoms with E-state index < -0.39 is 5.97 Å². The van der Waals surface area contributed by atoms with Crippen molar-refractivity contribution in [2.45, 2.75) is 44.8 Å². The van der Waals surface area contributed by atoms with E-state index in [-0.39, 0.29) is 5.75 Å². The molecule has 0 aliphatic heterocycles. The molecule has 0 radical (unpaired) electrons. The summed E-state index contributed by atoms with van der Waals surface area (Å²) in [6, 6.07) is 0. The van der Waals surface area contributed by atoms with E-state index in [2.05, 4.69) is 16.5 Å². The highest BCUT2D eigenvalue weighted by Crippen LogP contribution is 2.18.